The van der Waals surface area contributed by atoms with Crippen LogP contribution in [0.4, 0.5) is 18.9 Å². The highest BCUT2D eigenvalue weighted by molar-refractivity contribution is 7.12. The van der Waals surface area contributed by atoms with Crippen LogP contribution < -0.4 is 5.32 Å². The Morgan fingerprint density at radius 1 is 1.17 bits per heavy atom. The van der Waals surface area contributed by atoms with Crippen LogP contribution in [0.5, 0.6) is 0 Å². The zero-order chi connectivity index (χ0) is 17.7. The topological polar surface area (TPSA) is 49.4 Å². The number of rotatable bonds is 6. The zero-order valence-electron chi connectivity index (χ0n) is 12.8. The molecular formula is C16H15F3N2O2S. The maximum absolute atomic E-state index is 13.6. The Kier molecular flexibility index (Phi) is 5.97. The molecule has 4 nitrogen and oxygen atoms in total. The molecule has 0 saturated heterocycles. The number of hydrogen-bond donors (Lipinski definition) is 1. The van der Waals surface area contributed by atoms with Crippen molar-refractivity contribution in [2.24, 2.45) is 0 Å². The van der Waals surface area contributed by atoms with Gasteiger partial charge < -0.3 is 10.2 Å². The summed E-state index contributed by atoms with van der Waals surface area (Å²) < 4.78 is 39.6. The van der Waals surface area contributed by atoms with Gasteiger partial charge in [0.05, 0.1) is 10.6 Å². The van der Waals surface area contributed by atoms with Gasteiger partial charge in [-0.25, -0.2) is 13.2 Å². The molecule has 0 radical (unpaired) electrons. The molecule has 0 bridgehead atoms. The lowest BCUT2D eigenvalue weighted by Gasteiger charge is -2.21. The summed E-state index contributed by atoms with van der Waals surface area (Å²) >= 11 is 1.25. The summed E-state index contributed by atoms with van der Waals surface area (Å²) in [6.45, 7) is 1.87. The average Bonchev–Trinajstić information content (AvgIpc) is 3.09. The van der Waals surface area contributed by atoms with Crippen LogP contribution in [0, 0.1) is 17.5 Å². The Hall–Kier alpha value is -2.35. The Morgan fingerprint density at radius 3 is 2.54 bits per heavy atom. The minimum atomic E-state index is -1.66. The predicted octanol–water partition coefficient (Wildman–Crippen LogP) is 3.66. The van der Waals surface area contributed by atoms with Gasteiger partial charge in [-0.3, -0.25) is 9.59 Å². The summed E-state index contributed by atoms with van der Waals surface area (Å²) in [4.78, 5) is 26.2. The quantitative estimate of drug-likeness (QED) is 0.803. The largest absolute Gasteiger partial charge is 0.329 e. The molecule has 0 aliphatic rings. The van der Waals surface area contributed by atoms with Crippen molar-refractivity contribution in [1.29, 1.82) is 0 Å². The highest BCUT2D eigenvalue weighted by Crippen LogP contribution is 2.20. The highest BCUT2D eigenvalue weighted by Gasteiger charge is 2.20. The number of nitrogens with zero attached hydrogens (tertiary/aromatic N) is 1. The fourth-order valence-corrected chi connectivity index (χ4v) is 2.75. The van der Waals surface area contributed by atoms with Crippen molar-refractivity contribution in [3.63, 3.8) is 0 Å². The van der Waals surface area contributed by atoms with E-state index >= 15 is 0 Å². The first-order valence-corrected chi connectivity index (χ1v) is 8.08. The molecule has 1 aromatic carbocycles. The van der Waals surface area contributed by atoms with E-state index in [-0.39, 0.29) is 12.5 Å². The molecule has 0 saturated carbocycles. The van der Waals surface area contributed by atoms with Crippen LogP contribution >= 0.6 is 11.3 Å². The van der Waals surface area contributed by atoms with E-state index in [1.165, 1.54) is 16.2 Å². The van der Waals surface area contributed by atoms with Gasteiger partial charge in [-0.1, -0.05) is 13.0 Å². The third-order valence-corrected chi connectivity index (χ3v) is 4.01. The number of nitrogens with one attached hydrogen (secondary N) is 1. The Balaban J connectivity index is 2.08. The first kappa shape index (κ1) is 18.0. The molecule has 2 aromatic rings. The first-order valence-electron chi connectivity index (χ1n) is 7.20. The summed E-state index contributed by atoms with van der Waals surface area (Å²) in [5, 5.41) is 3.90. The third-order valence-electron chi connectivity index (χ3n) is 3.16. The fraction of sp³-hybridized carbons (Fsp3) is 0.250. The summed E-state index contributed by atoms with van der Waals surface area (Å²) in [6.07, 6.45) is 0.629. The van der Waals surface area contributed by atoms with E-state index < -0.39 is 29.0 Å². The van der Waals surface area contributed by atoms with Crippen LogP contribution in [0.2, 0.25) is 0 Å². The summed E-state index contributed by atoms with van der Waals surface area (Å²) in [5.74, 6) is -5.49. The van der Waals surface area contributed by atoms with Crippen molar-refractivity contribution < 1.29 is 22.8 Å². The SMILES string of the molecule is CCCN(CC(=O)Nc1ccc(F)c(F)c1F)C(=O)c1cccs1. The lowest BCUT2D eigenvalue weighted by molar-refractivity contribution is -0.116. The van der Waals surface area contributed by atoms with E-state index in [0.29, 0.717) is 23.9 Å². The van der Waals surface area contributed by atoms with E-state index in [1.807, 2.05) is 6.92 Å². The van der Waals surface area contributed by atoms with Crippen molar-refractivity contribution in [3.8, 4) is 0 Å². The van der Waals surface area contributed by atoms with Crippen LogP contribution in [-0.2, 0) is 4.79 Å². The second-order valence-electron chi connectivity index (χ2n) is 4.98. The van der Waals surface area contributed by atoms with Crippen LogP contribution in [0.1, 0.15) is 23.0 Å². The molecule has 1 aromatic heterocycles. The van der Waals surface area contributed by atoms with Crippen molar-refractivity contribution >= 4 is 28.8 Å². The van der Waals surface area contributed by atoms with E-state index in [2.05, 4.69) is 5.32 Å². The van der Waals surface area contributed by atoms with Crippen LogP contribution in [0.15, 0.2) is 29.6 Å². The minimum absolute atomic E-state index is 0.312. The molecule has 0 aliphatic heterocycles. The number of amides is 2. The molecule has 8 heteroatoms. The summed E-state index contributed by atoms with van der Waals surface area (Å²) in [7, 11) is 0. The summed E-state index contributed by atoms with van der Waals surface area (Å²) in [6, 6.07) is 5.01. The lowest BCUT2D eigenvalue weighted by atomic mass is 10.2. The molecule has 2 rings (SSSR count). The first-order chi connectivity index (χ1) is 11.4. The number of anilines is 1. The van der Waals surface area contributed by atoms with Crippen LogP contribution in [-0.4, -0.2) is 29.8 Å². The van der Waals surface area contributed by atoms with E-state index in [4.69, 9.17) is 0 Å². The van der Waals surface area contributed by atoms with Gasteiger partial charge in [-0.05, 0) is 30.0 Å². The molecule has 0 aliphatic carbocycles. The van der Waals surface area contributed by atoms with Gasteiger partial charge in [-0.2, -0.15) is 0 Å². The molecule has 128 valence electrons. The number of benzene rings is 1. The van der Waals surface area contributed by atoms with E-state index in [1.54, 1.807) is 17.5 Å². The molecule has 24 heavy (non-hydrogen) atoms. The second kappa shape index (κ2) is 7.96. The van der Waals surface area contributed by atoms with Crippen LogP contribution in [0.3, 0.4) is 0 Å². The number of thiophene rings is 1. The lowest BCUT2D eigenvalue weighted by Crippen LogP contribution is -2.38. The third kappa shape index (κ3) is 4.14. The molecule has 0 fully saturated rings. The van der Waals surface area contributed by atoms with Gasteiger partial charge in [0.15, 0.2) is 17.5 Å². The Morgan fingerprint density at radius 2 is 1.92 bits per heavy atom. The normalized spacial score (nSPS) is 10.5. The summed E-state index contributed by atoms with van der Waals surface area (Å²) in [5.41, 5.74) is -0.473. The number of hydrogen-bond acceptors (Lipinski definition) is 3. The molecular weight excluding hydrogens is 341 g/mol. The Labute approximate surface area is 140 Å². The smallest absolute Gasteiger partial charge is 0.264 e. The standard InChI is InChI=1S/C16H15F3N2O2S/c1-2-7-21(16(23)12-4-3-8-24-12)9-13(22)20-11-6-5-10(17)14(18)15(11)19/h3-6,8H,2,7,9H2,1H3,(H,20,22). The number of halogens is 3. The van der Waals surface area contributed by atoms with Crippen LogP contribution in [0.25, 0.3) is 0 Å². The molecule has 0 atom stereocenters. The number of carbonyl (C=O) groups excluding carboxylic acids is 2. The predicted molar refractivity (Wildman–Crippen MR) is 85.5 cm³/mol. The van der Waals surface area contributed by atoms with Crippen molar-refractivity contribution in [2.75, 3.05) is 18.4 Å². The molecule has 0 unspecified atom stereocenters. The molecule has 0 spiro atoms. The minimum Gasteiger partial charge on any atom is -0.329 e. The van der Waals surface area contributed by atoms with Gasteiger partial charge >= 0.3 is 0 Å². The molecule has 1 heterocycles. The van der Waals surface area contributed by atoms with E-state index in [9.17, 15) is 22.8 Å². The fourth-order valence-electron chi connectivity index (χ4n) is 2.06. The second-order valence-corrected chi connectivity index (χ2v) is 5.92. The van der Waals surface area contributed by atoms with Gasteiger partial charge in [0.25, 0.3) is 5.91 Å². The highest BCUT2D eigenvalue weighted by atomic mass is 32.1. The van der Waals surface area contributed by atoms with Crippen molar-refractivity contribution in [1.82, 2.24) is 4.90 Å². The van der Waals surface area contributed by atoms with E-state index in [0.717, 1.165) is 6.07 Å². The monoisotopic (exact) mass is 356 g/mol. The van der Waals surface area contributed by atoms with Gasteiger partial charge in [0, 0.05) is 6.54 Å². The maximum atomic E-state index is 13.6. The zero-order valence-corrected chi connectivity index (χ0v) is 13.6. The van der Waals surface area contributed by atoms with Crippen molar-refractivity contribution in [3.05, 3.63) is 52.0 Å². The van der Waals surface area contributed by atoms with Crippen molar-refractivity contribution in [2.45, 2.75) is 13.3 Å². The van der Waals surface area contributed by atoms with Gasteiger partial charge in [0.1, 0.15) is 6.54 Å². The number of carbonyl (C=O) groups is 2. The molecule has 1 N–H and O–H groups in total. The molecule has 2 amide bonds. The van der Waals surface area contributed by atoms with Gasteiger partial charge in [-0.15, -0.1) is 11.3 Å². The average molecular weight is 356 g/mol. The maximum Gasteiger partial charge on any atom is 0.264 e. The Bertz CT molecular complexity index is 735. The van der Waals surface area contributed by atoms with Gasteiger partial charge in [0.2, 0.25) is 5.91 Å².